The number of hydrogen-bond acceptors (Lipinski definition) is 2. The Hall–Kier alpha value is -2.00. The second-order valence-electron chi connectivity index (χ2n) is 4.01. The number of carboxylic acid groups (broad SMARTS) is 1. The fourth-order valence-corrected chi connectivity index (χ4v) is 2.86. The average Bonchev–Trinajstić information content (AvgIpc) is 2.38. The van der Waals surface area contributed by atoms with Crippen LogP contribution in [-0.2, 0) is 0 Å². The van der Waals surface area contributed by atoms with Crippen LogP contribution < -0.4 is 0 Å². The normalized spacial score (nSPS) is 10.9. The van der Waals surface area contributed by atoms with Crippen molar-refractivity contribution in [3.8, 4) is 0 Å². The molecule has 0 aliphatic carbocycles. The number of benzene rings is 3. The van der Waals surface area contributed by atoms with Crippen molar-refractivity contribution in [2.45, 2.75) is 4.90 Å². The van der Waals surface area contributed by atoms with Gasteiger partial charge in [0, 0.05) is 4.90 Å². The van der Waals surface area contributed by atoms with Crippen molar-refractivity contribution in [1.29, 1.82) is 0 Å². The first-order valence-electron chi connectivity index (χ1n) is 5.57. The summed E-state index contributed by atoms with van der Waals surface area (Å²) >= 11 is 0.859. The lowest BCUT2D eigenvalue weighted by molar-refractivity contribution is 0.222. The summed E-state index contributed by atoms with van der Waals surface area (Å²) < 4.78 is 0. The van der Waals surface area contributed by atoms with Crippen molar-refractivity contribution >= 4 is 38.6 Å². The molecule has 3 aromatic carbocycles. The Labute approximate surface area is 108 Å². The molecule has 2 nitrogen and oxygen atoms in total. The van der Waals surface area contributed by atoms with Crippen LogP contribution in [0, 0.1) is 0 Å². The largest absolute Gasteiger partial charge is 0.473 e. The summed E-state index contributed by atoms with van der Waals surface area (Å²) in [5.74, 6) is 0. The van der Waals surface area contributed by atoms with Crippen LogP contribution in [0.4, 0.5) is 4.79 Å². The highest BCUT2D eigenvalue weighted by Gasteiger charge is 2.09. The molecular weight excluding hydrogens is 244 g/mol. The maximum atomic E-state index is 10.9. The Morgan fingerprint density at radius 2 is 1.50 bits per heavy atom. The molecule has 3 heteroatoms. The lowest BCUT2D eigenvalue weighted by atomic mass is 10.0. The Morgan fingerprint density at radius 1 is 0.889 bits per heavy atom. The molecule has 3 rings (SSSR count). The molecule has 0 radical (unpaired) electrons. The standard InChI is InChI=1S/C15H10O2S/c16-15(17)18-14-9-10-5-1-2-6-11(10)12-7-3-4-8-13(12)14/h1-9H,(H,16,17). The number of fused-ring (bicyclic) bond motifs is 3. The molecule has 0 saturated carbocycles. The summed E-state index contributed by atoms with van der Waals surface area (Å²) in [6.45, 7) is 0. The summed E-state index contributed by atoms with van der Waals surface area (Å²) in [4.78, 5) is 11.7. The van der Waals surface area contributed by atoms with Gasteiger partial charge >= 0.3 is 5.30 Å². The van der Waals surface area contributed by atoms with Crippen LogP contribution in [0.25, 0.3) is 21.5 Å². The van der Waals surface area contributed by atoms with E-state index in [1.54, 1.807) is 0 Å². The van der Waals surface area contributed by atoms with E-state index in [1.165, 1.54) is 0 Å². The smallest absolute Gasteiger partial charge is 0.369 e. The van der Waals surface area contributed by atoms with Gasteiger partial charge in [-0.2, -0.15) is 0 Å². The van der Waals surface area contributed by atoms with Gasteiger partial charge in [0.15, 0.2) is 0 Å². The van der Waals surface area contributed by atoms with Crippen LogP contribution in [0.1, 0.15) is 0 Å². The minimum atomic E-state index is -0.879. The third kappa shape index (κ3) is 1.83. The van der Waals surface area contributed by atoms with Crippen molar-refractivity contribution in [2.75, 3.05) is 0 Å². The molecule has 0 heterocycles. The number of carbonyl (C=O) groups is 1. The highest BCUT2D eigenvalue weighted by atomic mass is 32.2. The van der Waals surface area contributed by atoms with E-state index in [4.69, 9.17) is 5.11 Å². The van der Waals surface area contributed by atoms with E-state index < -0.39 is 5.30 Å². The first-order chi connectivity index (χ1) is 8.75. The van der Waals surface area contributed by atoms with Crippen molar-refractivity contribution in [3.05, 3.63) is 54.6 Å². The summed E-state index contributed by atoms with van der Waals surface area (Å²) in [6.07, 6.45) is 0. The van der Waals surface area contributed by atoms with Crippen LogP contribution in [-0.4, -0.2) is 10.4 Å². The van der Waals surface area contributed by atoms with Gasteiger partial charge in [-0.25, -0.2) is 4.79 Å². The zero-order valence-electron chi connectivity index (χ0n) is 9.46. The van der Waals surface area contributed by atoms with Gasteiger partial charge in [-0.3, -0.25) is 0 Å². The molecule has 0 spiro atoms. The van der Waals surface area contributed by atoms with Gasteiger partial charge in [0.2, 0.25) is 0 Å². The SMILES string of the molecule is O=C(O)Sc1cc2ccccc2c2ccccc12. The minimum absolute atomic E-state index is 0.789. The fourth-order valence-electron chi connectivity index (χ4n) is 2.20. The lowest BCUT2D eigenvalue weighted by Gasteiger charge is -2.08. The van der Waals surface area contributed by atoms with Gasteiger partial charge in [-0.1, -0.05) is 48.5 Å². The van der Waals surface area contributed by atoms with E-state index in [-0.39, 0.29) is 0 Å². The molecule has 0 atom stereocenters. The molecule has 0 bridgehead atoms. The summed E-state index contributed by atoms with van der Waals surface area (Å²) in [5, 5.41) is 12.4. The molecule has 0 aromatic heterocycles. The van der Waals surface area contributed by atoms with Crippen LogP contribution in [0.2, 0.25) is 0 Å². The topological polar surface area (TPSA) is 37.3 Å². The molecule has 0 amide bonds. The predicted octanol–water partition coefficient (Wildman–Crippen LogP) is 4.76. The highest BCUT2D eigenvalue weighted by molar-refractivity contribution is 8.13. The monoisotopic (exact) mass is 254 g/mol. The van der Waals surface area contributed by atoms with E-state index in [2.05, 4.69) is 6.07 Å². The maximum Gasteiger partial charge on any atom is 0.369 e. The number of rotatable bonds is 1. The molecule has 0 aliphatic heterocycles. The first kappa shape index (κ1) is 11.1. The van der Waals surface area contributed by atoms with Gasteiger partial charge in [-0.15, -0.1) is 0 Å². The minimum Gasteiger partial charge on any atom is -0.473 e. The molecular formula is C15H10O2S. The maximum absolute atomic E-state index is 10.9. The van der Waals surface area contributed by atoms with E-state index in [9.17, 15) is 4.79 Å². The summed E-state index contributed by atoms with van der Waals surface area (Å²) in [5.41, 5.74) is 0. The summed E-state index contributed by atoms with van der Waals surface area (Å²) in [7, 11) is 0. The number of thioether (sulfide) groups is 1. The quantitative estimate of drug-likeness (QED) is 0.502. The Kier molecular flexibility index (Phi) is 2.68. The molecule has 1 N–H and O–H groups in total. The van der Waals surface area contributed by atoms with Crippen LogP contribution >= 0.6 is 11.8 Å². The van der Waals surface area contributed by atoms with Crippen molar-refractivity contribution < 1.29 is 9.90 Å². The van der Waals surface area contributed by atoms with Gasteiger partial charge in [-0.05, 0) is 39.4 Å². The Morgan fingerprint density at radius 3 is 2.22 bits per heavy atom. The molecule has 0 saturated heterocycles. The highest BCUT2D eigenvalue weighted by Crippen LogP contribution is 2.34. The van der Waals surface area contributed by atoms with Crippen LogP contribution in [0.15, 0.2) is 59.5 Å². The molecule has 3 aromatic rings. The zero-order valence-corrected chi connectivity index (χ0v) is 10.3. The Balaban J connectivity index is 2.42. The van der Waals surface area contributed by atoms with E-state index in [1.807, 2.05) is 48.5 Å². The average molecular weight is 254 g/mol. The third-order valence-corrected chi connectivity index (χ3v) is 3.66. The van der Waals surface area contributed by atoms with Crippen LogP contribution in [0.3, 0.4) is 0 Å². The second kappa shape index (κ2) is 4.35. The lowest BCUT2D eigenvalue weighted by Crippen LogP contribution is -1.86. The van der Waals surface area contributed by atoms with Crippen LogP contribution in [0.5, 0.6) is 0 Å². The van der Waals surface area contributed by atoms with E-state index >= 15 is 0 Å². The molecule has 0 fully saturated rings. The Bertz CT molecular complexity index is 750. The fraction of sp³-hybridized carbons (Fsp3) is 0. The zero-order chi connectivity index (χ0) is 12.5. The molecule has 0 unspecified atom stereocenters. The van der Waals surface area contributed by atoms with E-state index in [0.717, 1.165) is 38.2 Å². The molecule has 18 heavy (non-hydrogen) atoms. The number of hydrogen-bond donors (Lipinski definition) is 1. The van der Waals surface area contributed by atoms with Gasteiger partial charge in [0.05, 0.1) is 0 Å². The van der Waals surface area contributed by atoms with Gasteiger partial charge in [0.1, 0.15) is 0 Å². The molecule has 88 valence electrons. The molecule has 0 aliphatic rings. The third-order valence-electron chi connectivity index (χ3n) is 2.93. The van der Waals surface area contributed by atoms with Gasteiger partial charge in [0.25, 0.3) is 0 Å². The van der Waals surface area contributed by atoms with Crippen molar-refractivity contribution in [3.63, 3.8) is 0 Å². The van der Waals surface area contributed by atoms with E-state index in [0.29, 0.717) is 0 Å². The first-order valence-corrected chi connectivity index (χ1v) is 6.38. The van der Waals surface area contributed by atoms with Crippen molar-refractivity contribution in [2.24, 2.45) is 0 Å². The second-order valence-corrected chi connectivity index (χ2v) is 5.00. The van der Waals surface area contributed by atoms with Crippen molar-refractivity contribution in [1.82, 2.24) is 0 Å². The summed E-state index contributed by atoms with van der Waals surface area (Å²) in [6, 6.07) is 17.9. The van der Waals surface area contributed by atoms with Gasteiger partial charge < -0.3 is 5.11 Å². The predicted molar refractivity (Wildman–Crippen MR) is 75.3 cm³/mol.